The van der Waals surface area contributed by atoms with Crippen molar-refractivity contribution in [3.63, 3.8) is 0 Å². The van der Waals surface area contributed by atoms with E-state index in [1.165, 1.54) is 12.8 Å². The number of hydrogen-bond donors (Lipinski definition) is 1. The maximum Gasteiger partial charge on any atom is 0.249 e. The van der Waals surface area contributed by atoms with E-state index in [-0.39, 0.29) is 18.6 Å². The van der Waals surface area contributed by atoms with Gasteiger partial charge in [0.1, 0.15) is 6.61 Å². The fourth-order valence-corrected chi connectivity index (χ4v) is 4.19. The van der Waals surface area contributed by atoms with Crippen LogP contribution in [-0.4, -0.2) is 33.7 Å². The Labute approximate surface area is 168 Å². The van der Waals surface area contributed by atoms with Crippen LogP contribution in [0, 0.1) is 17.8 Å². The Morgan fingerprint density at radius 1 is 1.21 bits per heavy atom. The summed E-state index contributed by atoms with van der Waals surface area (Å²) in [5.74, 6) is 1.82. The van der Waals surface area contributed by atoms with Crippen molar-refractivity contribution in [2.24, 2.45) is 17.8 Å². The largest absolute Gasteiger partial charge is 0.368 e. The number of carbonyl (C=O) groups is 1. The van der Waals surface area contributed by atoms with E-state index in [2.05, 4.69) is 31.0 Å². The predicted octanol–water partition coefficient (Wildman–Crippen LogP) is 4.42. The first-order chi connectivity index (χ1) is 13.5. The fourth-order valence-electron chi connectivity index (χ4n) is 4.19. The van der Waals surface area contributed by atoms with Crippen LogP contribution in [0.3, 0.4) is 0 Å². The Hall–Kier alpha value is -2.14. The first kappa shape index (κ1) is 20.6. The molecule has 0 aliphatic heterocycles. The van der Waals surface area contributed by atoms with Crippen molar-refractivity contribution < 1.29 is 9.53 Å². The van der Waals surface area contributed by atoms with Crippen LogP contribution in [0.4, 0.5) is 0 Å². The molecule has 1 heterocycles. The summed E-state index contributed by atoms with van der Waals surface area (Å²) >= 11 is 0. The molecule has 1 saturated carbocycles. The third kappa shape index (κ3) is 5.68. The molecule has 0 saturated heterocycles. The molecule has 0 spiro atoms. The number of H-pyrrole nitrogens is 1. The second kappa shape index (κ2) is 9.87. The van der Waals surface area contributed by atoms with Crippen LogP contribution < -0.4 is 0 Å². The summed E-state index contributed by atoms with van der Waals surface area (Å²) in [6, 6.07) is 12.0. The molecule has 0 bridgehead atoms. The standard InChI is InChI=1S/C23H33N3O2/c1-17(2)21-10-9-18(3)13-22(21)28-16-23(27)26(15-20-11-12-24-25-20)14-19-7-5-4-6-8-19/h4-8,11-12,17-18,21-22H,9-10,13-16H2,1-3H3,(H,24,25). The van der Waals surface area contributed by atoms with Gasteiger partial charge in [0.15, 0.2) is 0 Å². The van der Waals surface area contributed by atoms with Gasteiger partial charge in [0.25, 0.3) is 0 Å². The van der Waals surface area contributed by atoms with Crippen LogP contribution in [0.2, 0.25) is 0 Å². The van der Waals surface area contributed by atoms with E-state index in [1.807, 2.05) is 41.3 Å². The lowest BCUT2D eigenvalue weighted by atomic mass is 9.75. The van der Waals surface area contributed by atoms with Crippen LogP contribution in [0.1, 0.15) is 51.3 Å². The summed E-state index contributed by atoms with van der Waals surface area (Å²) in [7, 11) is 0. The number of amides is 1. The van der Waals surface area contributed by atoms with Gasteiger partial charge in [-0.3, -0.25) is 9.89 Å². The zero-order chi connectivity index (χ0) is 19.9. The van der Waals surface area contributed by atoms with Crippen molar-refractivity contribution in [3.05, 3.63) is 53.9 Å². The van der Waals surface area contributed by atoms with Gasteiger partial charge in [0.2, 0.25) is 5.91 Å². The molecule has 1 aromatic carbocycles. The third-order valence-electron chi connectivity index (χ3n) is 5.87. The van der Waals surface area contributed by atoms with Gasteiger partial charge < -0.3 is 9.64 Å². The Bertz CT molecular complexity index is 715. The molecule has 28 heavy (non-hydrogen) atoms. The molecule has 5 heteroatoms. The average molecular weight is 384 g/mol. The molecule has 152 valence electrons. The highest BCUT2D eigenvalue weighted by Crippen LogP contribution is 2.35. The molecule has 1 aliphatic carbocycles. The molecule has 1 amide bonds. The average Bonchev–Trinajstić information content (AvgIpc) is 3.19. The molecule has 1 aliphatic rings. The summed E-state index contributed by atoms with van der Waals surface area (Å²) in [6.45, 7) is 8.02. The van der Waals surface area contributed by atoms with E-state index in [0.29, 0.717) is 30.8 Å². The monoisotopic (exact) mass is 383 g/mol. The van der Waals surface area contributed by atoms with Crippen molar-refractivity contribution in [1.29, 1.82) is 0 Å². The Balaban J connectivity index is 1.64. The topological polar surface area (TPSA) is 58.2 Å². The predicted molar refractivity (Wildman–Crippen MR) is 110 cm³/mol. The number of benzene rings is 1. The number of aromatic amines is 1. The second-order valence-corrected chi connectivity index (χ2v) is 8.49. The maximum absolute atomic E-state index is 13.0. The van der Waals surface area contributed by atoms with Crippen LogP contribution in [0.15, 0.2) is 42.6 Å². The number of aromatic nitrogens is 2. The lowest BCUT2D eigenvalue weighted by Gasteiger charge is -2.37. The fraction of sp³-hybridized carbons (Fsp3) is 0.565. The third-order valence-corrected chi connectivity index (χ3v) is 5.87. The number of ether oxygens (including phenoxy) is 1. The van der Waals surface area contributed by atoms with Crippen LogP contribution in [-0.2, 0) is 22.6 Å². The van der Waals surface area contributed by atoms with E-state index in [4.69, 9.17) is 4.74 Å². The molecule has 0 radical (unpaired) electrons. The number of hydrogen-bond acceptors (Lipinski definition) is 3. The minimum Gasteiger partial charge on any atom is -0.368 e. The Kier molecular flexibility index (Phi) is 7.26. The van der Waals surface area contributed by atoms with Crippen LogP contribution >= 0.6 is 0 Å². The molecule has 3 atom stereocenters. The quantitative estimate of drug-likeness (QED) is 0.734. The Morgan fingerprint density at radius 3 is 2.68 bits per heavy atom. The summed E-state index contributed by atoms with van der Waals surface area (Å²) in [5.41, 5.74) is 2.04. The number of nitrogens with one attached hydrogen (secondary N) is 1. The van der Waals surface area contributed by atoms with E-state index in [1.54, 1.807) is 6.20 Å². The minimum atomic E-state index is 0.0270. The van der Waals surface area contributed by atoms with Gasteiger partial charge in [-0.1, -0.05) is 57.5 Å². The number of carbonyl (C=O) groups excluding carboxylic acids is 1. The minimum absolute atomic E-state index is 0.0270. The van der Waals surface area contributed by atoms with Crippen LogP contribution in [0.25, 0.3) is 0 Å². The molecule has 1 N–H and O–H groups in total. The number of nitrogens with zero attached hydrogens (tertiary/aromatic N) is 2. The molecule has 5 nitrogen and oxygen atoms in total. The smallest absolute Gasteiger partial charge is 0.249 e. The van der Waals surface area contributed by atoms with E-state index in [0.717, 1.165) is 17.7 Å². The van der Waals surface area contributed by atoms with Crippen molar-refractivity contribution >= 4 is 5.91 Å². The van der Waals surface area contributed by atoms with Gasteiger partial charge in [0.05, 0.1) is 18.3 Å². The zero-order valence-electron chi connectivity index (χ0n) is 17.3. The highest BCUT2D eigenvalue weighted by atomic mass is 16.5. The zero-order valence-corrected chi connectivity index (χ0v) is 17.3. The SMILES string of the molecule is CC1CCC(C(C)C)C(OCC(=O)N(Cc2ccccc2)Cc2ccn[nH]2)C1. The van der Waals surface area contributed by atoms with Crippen molar-refractivity contribution in [2.75, 3.05) is 6.61 Å². The first-order valence-electron chi connectivity index (χ1n) is 10.4. The van der Waals surface area contributed by atoms with Crippen LogP contribution in [0.5, 0.6) is 0 Å². The van der Waals surface area contributed by atoms with Gasteiger partial charge in [-0.05, 0) is 42.2 Å². The van der Waals surface area contributed by atoms with E-state index < -0.39 is 0 Å². The van der Waals surface area contributed by atoms with Gasteiger partial charge >= 0.3 is 0 Å². The van der Waals surface area contributed by atoms with Crippen molar-refractivity contribution in [1.82, 2.24) is 15.1 Å². The molecule has 1 aromatic heterocycles. The first-order valence-corrected chi connectivity index (χ1v) is 10.4. The van der Waals surface area contributed by atoms with Crippen molar-refractivity contribution in [2.45, 2.75) is 59.2 Å². The van der Waals surface area contributed by atoms with Gasteiger partial charge in [-0.25, -0.2) is 0 Å². The second-order valence-electron chi connectivity index (χ2n) is 8.49. The van der Waals surface area contributed by atoms with Crippen molar-refractivity contribution in [3.8, 4) is 0 Å². The van der Waals surface area contributed by atoms with Gasteiger partial charge in [-0.15, -0.1) is 0 Å². The lowest BCUT2D eigenvalue weighted by molar-refractivity contribution is -0.143. The molecule has 3 rings (SSSR count). The summed E-state index contributed by atoms with van der Waals surface area (Å²) in [5, 5.41) is 6.96. The maximum atomic E-state index is 13.0. The molecular weight excluding hydrogens is 350 g/mol. The van der Waals surface area contributed by atoms with Gasteiger partial charge in [0, 0.05) is 12.7 Å². The molecular formula is C23H33N3O2. The highest BCUT2D eigenvalue weighted by Gasteiger charge is 2.32. The Morgan fingerprint density at radius 2 is 2.00 bits per heavy atom. The van der Waals surface area contributed by atoms with E-state index >= 15 is 0 Å². The summed E-state index contributed by atoms with van der Waals surface area (Å²) in [6.07, 6.45) is 5.40. The summed E-state index contributed by atoms with van der Waals surface area (Å²) < 4.78 is 6.21. The molecule has 3 unspecified atom stereocenters. The molecule has 2 aromatic rings. The summed E-state index contributed by atoms with van der Waals surface area (Å²) in [4.78, 5) is 14.9. The number of rotatable bonds is 8. The molecule has 1 fully saturated rings. The normalized spacial score (nSPS) is 22.4. The highest BCUT2D eigenvalue weighted by molar-refractivity contribution is 5.77. The lowest BCUT2D eigenvalue weighted by Crippen LogP contribution is -2.39. The van der Waals surface area contributed by atoms with E-state index in [9.17, 15) is 4.79 Å². The van der Waals surface area contributed by atoms with Gasteiger partial charge in [-0.2, -0.15) is 5.10 Å².